The van der Waals surface area contributed by atoms with Gasteiger partial charge in [0.15, 0.2) is 11.6 Å². The zero-order valence-electron chi connectivity index (χ0n) is 8.93. The molecule has 14 heavy (non-hydrogen) atoms. The number of rotatable bonds is 4. The molecule has 1 rings (SSSR count). The van der Waals surface area contributed by atoms with Crippen LogP contribution >= 0.6 is 0 Å². The summed E-state index contributed by atoms with van der Waals surface area (Å²) in [7, 11) is 0. The first-order chi connectivity index (χ1) is 6.66. The third-order valence-electron chi connectivity index (χ3n) is 1.96. The van der Waals surface area contributed by atoms with Crippen molar-refractivity contribution < 1.29 is 9.13 Å². The lowest BCUT2D eigenvalue weighted by Crippen LogP contribution is -2.01. The summed E-state index contributed by atoms with van der Waals surface area (Å²) < 4.78 is 19.0. The highest BCUT2D eigenvalue weighted by molar-refractivity contribution is 5.37. The van der Waals surface area contributed by atoms with E-state index in [9.17, 15) is 4.39 Å². The Bertz CT molecular complexity index is 294. The van der Waals surface area contributed by atoms with Gasteiger partial charge < -0.3 is 4.74 Å². The molecule has 77 valence electrons. The SMILES string of the molecule is CCCOc1cccc([C](C)C)c1F. The topological polar surface area (TPSA) is 9.23 Å². The van der Waals surface area contributed by atoms with Crippen LogP contribution < -0.4 is 4.74 Å². The molecule has 0 fully saturated rings. The van der Waals surface area contributed by atoms with Crippen molar-refractivity contribution >= 4 is 0 Å². The molecule has 1 nitrogen and oxygen atoms in total. The Kier molecular flexibility index (Phi) is 3.93. The van der Waals surface area contributed by atoms with Gasteiger partial charge in [0.1, 0.15) is 0 Å². The molecule has 0 atom stereocenters. The Balaban J connectivity index is 2.89. The minimum Gasteiger partial charge on any atom is -0.491 e. The molecular formula is C12H16FO. The van der Waals surface area contributed by atoms with Crippen LogP contribution in [-0.4, -0.2) is 6.61 Å². The lowest BCUT2D eigenvalue weighted by molar-refractivity contribution is 0.300. The Labute approximate surface area is 84.9 Å². The smallest absolute Gasteiger partial charge is 0.168 e. The van der Waals surface area contributed by atoms with E-state index in [1.165, 1.54) is 0 Å². The first kappa shape index (κ1) is 11.0. The molecule has 1 aromatic rings. The van der Waals surface area contributed by atoms with Crippen LogP contribution in [0.2, 0.25) is 0 Å². The lowest BCUT2D eigenvalue weighted by Gasteiger charge is -2.11. The van der Waals surface area contributed by atoms with Gasteiger partial charge in [-0.05, 0) is 18.1 Å². The van der Waals surface area contributed by atoms with Gasteiger partial charge in [0.05, 0.1) is 6.61 Å². The van der Waals surface area contributed by atoms with Gasteiger partial charge >= 0.3 is 0 Å². The molecule has 2 heteroatoms. The summed E-state index contributed by atoms with van der Waals surface area (Å²) in [6.45, 7) is 6.34. The number of halogens is 1. The molecule has 0 bridgehead atoms. The van der Waals surface area contributed by atoms with Crippen molar-refractivity contribution in [3.05, 3.63) is 35.5 Å². The van der Waals surface area contributed by atoms with Crippen LogP contribution in [0.15, 0.2) is 18.2 Å². The Hall–Kier alpha value is -1.05. The van der Waals surface area contributed by atoms with Gasteiger partial charge in [-0.15, -0.1) is 0 Å². The molecule has 0 N–H and O–H groups in total. The second-order valence-corrected chi connectivity index (χ2v) is 3.47. The molecule has 0 saturated heterocycles. The van der Waals surface area contributed by atoms with Crippen LogP contribution in [0.1, 0.15) is 32.8 Å². The first-order valence-corrected chi connectivity index (χ1v) is 4.88. The van der Waals surface area contributed by atoms with Crippen molar-refractivity contribution in [1.29, 1.82) is 0 Å². The van der Waals surface area contributed by atoms with Crippen LogP contribution in [0.3, 0.4) is 0 Å². The molecule has 0 aromatic heterocycles. The fourth-order valence-electron chi connectivity index (χ4n) is 1.22. The molecule has 0 aliphatic carbocycles. The van der Waals surface area contributed by atoms with Crippen molar-refractivity contribution in [1.82, 2.24) is 0 Å². The number of ether oxygens (including phenoxy) is 1. The quantitative estimate of drug-likeness (QED) is 0.713. The fourth-order valence-corrected chi connectivity index (χ4v) is 1.22. The number of hydrogen-bond acceptors (Lipinski definition) is 1. The molecule has 0 unspecified atom stereocenters. The summed E-state index contributed by atoms with van der Waals surface area (Å²) in [5.41, 5.74) is 0.638. The van der Waals surface area contributed by atoms with E-state index in [0.717, 1.165) is 12.3 Å². The highest BCUT2D eigenvalue weighted by Gasteiger charge is 2.11. The van der Waals surface area contributed by atoms with Gasteiger partial charge in [-0.25, -0.2) is 4.39 Å². The van der Waals surface area contributed by atoms with Crippen molar-refractivity contribution in [2.45, 2.75) is 27.2 Å². The first-order valence-electron chi connectivity index (χ1n) is 4.88. The summed E-state index contributed by atoms with van der Waals surface area (Å²) >= 11 is 0. The molecule has 0 aliphatic rings. The van der Waals surface area contributed by atoms with E-state index in [1.54, 1.807) is 12.1 Å². The van der Waals surface area contributed by atoms with Gasteiger partial charge in [-0.2, -0.15) is 0 Å². The minimum absolute atomic E-state index is 0.249. The summed E-state index contributed by atoms with van der Waals surface area (Å²) in [5.74, 6) is 1.07. The van der Waals surface area contributed by atoms with Crippen LogP contribution in [0.5, 0.6) is 5.75 Å². The third kappa shape index (κ3) is 2.47. The normalized spacial score (nSPS) is 10.6. The zero-order chi connectivity index (χ0) is 10.6. The van der Waals surface area contributed by atoms with Gasteiger partial charge in [-0.3, -0.25) is 0 Å². The maximum absolute atomic E-state index is 13.7. The van der Waals surface area contributed by atoms with E-state index >= 15 is 0 Å². The Morgan fingerprint density at radius 2 is 2.07 bits per heavy atom. The average molecular weight is 195 g/mol. The van der Waals surface area contributed by atoms with Gasteiger partial charge in [0, 0.05) is 5.92 Å². The standard InChI is InChI=1S/C12H16FO/c1-4-8-14-11-7-5-6-10(9(2)3)12(11)13/h5-7H,4,8H2,1-3H3. The maximum atomic E-state index is 13.7. The van der Waals surface area contributed by atoms with Gasteiger partial charge in [0.25, 0.3) is 0 Å². The van der Waals surface area contributed by atoms with E-state index in [4.69, 9.17) is 4.74 Å². The van der Waals surface area contributed by atoms with Crippen molar-refractivity contribution in [3.63, 3.8) is 0 Å². The maximum Gasteiger partial charge on any atom is 0.168 e. The average Bonchev–Trinajstić information content (AvgIpc) is 2.16. The predicted molar refractivity (Wildman–Crippen MR) is 55.9 cm³/mol. The Morgan fingerprint density at radius 1 is 1.36 bits per heavy atom. The van der Waals surface area contributed by atoms with Crippen molar-refractivity contribution in [2.24, 2.45) is 0 Å². The van der Waals surface area contributed by atoms with Crippen LogP contribution in [0, 0.1) is 11.7 Å². The van der Waals surface area contributed by atoms with Crippen LogP contribution in [-0.2, 0) is 0 Å². The minimum atomic E-state index is -0.249. The van der Waals surface area contributed by atoms with Crippen LogP contribution in [0.25, 0.3) is 0 Å². The molecule has 1 aromatic carbocycles. The summed E-state index contributed by atoms with van der Waals surface area (Å²) in [6.07, 6.45) is 0.887. The third-order valence-corrected chi connectivity index (χ3v) is 1.96. The number of benzene rings is 1. The highest BCUT2D eigenvalue weighted by atomic mass is 19.1. The van der Waals surface area contributed by atoms with E-state index in [0.29, 0.717) is 17.9 Å². The van der Waals surface area contributed by atoms with E-state index in [2.05, 4.69) is 0 Å². The second kappa shape index (κ2) is 4.99. The Morgan fingerprint density at radius 3 is 2.64 bits per heavy atom. The molecule has 0 aliphatic heterocycles. The van der Waals surface area contributed by atoms with Gasteiger partial charge in [0.2, 0.25) is 0 Å². The molecule has 0 saturated carbocycles. The molecular weight excluding hydrogens is 179 g/mol. The molecule has 0 spiro atoms. The van der Waals surface area contributed by atoms with Crippen molar-refractivity contribution in [2.75, 3.05) is 6.61 Å². The van der Waals surface area contributed by atoms with E-state index < -0.39 is 0 Å². The van der Waals surface area contributed by atoms with E-state index in [-0.39, 0.29) is 5.82 Å². The second-order valence-electron chi connectivity index (χ2n) is 3.47. The fraction of sp³-hybridized carbons (Fsp3) is 0.417. The monoisotopic (exact) mass is 195 g/mol. The highest BCUT2D eigenvalue weighted by Crippen LogP contribution is 2.25. The van der Waals surface area contributed by atoms with Crippen molar-refractivity contribution in [3.8, 4) is 5.75 Å². The predicted octanol–water partition coefficient (Wildman–Crippen LogP) is 3.58. The largest absolute Gasteiger partial charge is 0.491 e. The lowest BCUT2D eigenvalue weighted by atomic mass is 10.0. The zero-order valence-corrected chi connectivity index (χ0v) is 8.93. The molecule has 0 amide bonds. The summed E-state index contributed by atoms with van der Waals surface area (Å²) in [5, 5.41) is 0. The summed E-state index contributed by atoms with van der Waals surface area (Å²) in [4.78, 5) is 0. The van der Waals surface area contributed by atoms with Crippen LogP contribution in [0.4, 0.5) is 4.39 Å². The molecule has 0 heterocycles. The van der Waals surface area contributed by atoms with E-state index in [1.807, 2.05) is 26.8 Å². The number of hydrogen-bond donors (Lipinski definition) is 0. The summed E-state index contributed by atoms with van der Waals surface area (Å²) in [6, 6.07) is 5.25. The van der Waals surface area contributed by atoms with Gasteiger partial charge in [-0.1, -0.05) is 32.9 Å². The molecule has 1 radical (unpaired) electrons.